The summed E-state index contributed by atoms with van der Waals surface area (Å²) < 4.78 is 5.23. The van der Waals surface area contributed by atoms with Crippen molar-refractivity contribution in [3.63, 3.8) is 0 Å². The molecule has 17 heavy (non-hydrogen) atoms. The lowest BCUT2D eigenvalue weighted by Crippen LogP contribution is -2.34. The van der Waals surface area contributed by atoms with Gasteiger partial charge in [0.25, 0.3) is 0 Å². The summed E-state index contributed by atoms with van der Waals surface area (Å²) in [7, 11) is 0. The van der Waals surface area contributed by atoms with E-state index in [1.807, 2.05) is 13.8 Å². The minimum atomic E-state index is 0.347. The first-order valence-electron chi connectivity index (χ1n) is 6.76. The molecule has 0 radical (unpaired) electrons. The molecule has 0 aliphatic heterocycles. The first-order valence-corrected chi connectivity index (χ1v) is 6.76. The molecule has 3 heteroatoms. The van der Waals surface area contributed by atoms with E-state index < -0.39 is 0 Å². The third-order valence-corrected chi connectivity index (χ3v) is 4.02. The second-order valence-electron chi connectivity index (χ2n) is 5.58. The average molecular weight is 236 g/mol. The molecule has 2 rings (SSSR count). The Morgan fingerprint density at radius 3 is 2.41 bits per heavy atom. The summed E-state index contributed by atoms with van der Waals surface area (Å²) in [6.07, 6.45) is 5.31. The number of aryl methyl sites for hydroxylation is 2. The van der Waals surface area contributed by atoms with E-state index in [0.717, 1.165) is 17.4 Å². The third kappa shape index (κ3) is 2.89. The predicted molar refractivity (Wildman–Crippen MR) is 68.9 cm³/mol. The lowest BCUT2D eigenvalue weighted by Gasteiger charge is -2.29. The van der Waals surface area contributed by atoms with E-state index >= 15 is 0 Å². The van der Waals surface area contributed by atoms with E-state index in [4.69, 9.17) is 4.52 Å². The van der Waals surface area contributed by atoms with Crippen LogP contribution >= 0.6 is 0 Å². The molecule has 0 aromatic carbocycles. The van der Waals surface area contributed by atoms with Crippen LogP contribution in [0, 0.1) is 19.8 Å². The van der Waals surface area contributed by atoms with Gasteiger partial charge in [0.05, 0.1) is 5.69 Å². The zero-order chi connectivity index (χ0) is 12.4. The van der Waals surface area contributed by atoms with Crippen LogP contribution in [0.5, 0.6) is 0 Å². The maximum atomic E-state index is 5.23. The lowest BCUT2D eigenvalue weighted by atomic mass is 9.87. The normalized spacial score (nSPS) is 27.1. The monoisotopic (exact) mass is 236 g/mol. The average Bonchev–Trinajstić information content (AvgIpc) is 2.62. The first-order chi connectivity index (χ1) is 8.08. The molecule has 1 saturated carbocycles. The van der Waals surface area contributed by atoms with Gasteiger partial charge in [0.1, 0.15) is 5.76 Å². The van der Waals surface area contributed by atoms with Crippen molar-refractivity contribution < 1.29 is 4.52 Å². The molecule has 96 valence electrons. The standard InChI is InChI=1S/C14H24N2O/c1-9-5-7-13(8-6-9)15-10(2)14-11(3)16-17-12(14)4/h9-10,13,15H,5-8H2,1-4H3. The van der Waals surface area contributed by atoms with Crippen molar-refractivity contribution in [2.75, 3.05) is 0 Å². The number of rotatable bonds is 3. The van der Waals surface area contributed by atoms with Gasteiger partial charge in [0, 0.05) is 17.6 Å². The second kappa shape index (κ2) is 5.21. The van der Waals surface area contributed by atoms with Gasteiger partial charge in [-0.3, -0.25) is 0 Å². The van der Waals surface area contributed by atoms with Crippen molar-refractivity contribution in [3.8, 4) is 0 Å². The molecule has 1 N–H and O–H groups in total. The fourth-order valence-corrected chi connectivity index (χ4v) is 2.97. The highest BCUT2D eigenvalue weighted by atomic mass is 16.5. The Bertz CT molecular complexity index is 345. The van der Waals surface area contributed by atoms with Crippen LogP contribution in [0.25, 0.3) is 0 Å². The maximum absolute atomic E-state index is 5.23. The Balaban J connectivity index is 1.95. The van der Waals surface area contributed by atoms with E-state index in [1.54, 1.807) is 0 Å². The van der Waals surface area contributed by atoms with Crippen molar-refractivity contribution in [3.05, 3.63) is 17.0 Å². The Morgan fingerprint density at radius 1 is 1.24 bits per heavy atom. The van der Waals surface area contributed by atoms with Crippen molar-refractivity contribution in [1.29, 1.82) is 0 Å². The van der Waals surface area contributed by atoms with Crippen LogP contribution < -0.4 is 5.32 Å². The molecule has 1 aromatic heterocycles. The Labute approximate surface area is 104 Å². The number of nitrogens with one attached hydrogen (secondary N) is 1. The highest BCUT2D eigenvalue weighted by Crippen LogP contribution is 2.27. The molecular formula is C14H24N2O. The quantitative estimate of drug-likeness (QED) is 0.872. The van der Waals surface area contributed by atoms with Crippen molar-refractivity contribution in [2.45, 2.75) is 65.5 Å². The molecule has 1 aliphatic carbocycles. The molecule has 0 spiro atoms. The van der Waals surface area contributed by atoms with Gasteiger partial charge in [0.2, 0.25) is 0 Å². The summed E-state index contributed by atoms with van der Waals surface area (Å²) in [4.78, 5) is 0. The molecule has 0 bridgehead atoms. The molecule has 1 unspecified atom stereocenters. The van der Waals surface area contributed by atoms with E-state index in [0.29, 0.717) is 12.1 Å². The topological polar surface area (TPSA) is 38.1 Å². The van der Waals surface area contributed by atoms with E-state index in [1.165, 1.54) is 31.2 Å². The summed E-state index contributed by atoms with van der Waals surface area (Å²) in [6, 6.07) is 1.01. The smallest absolute Gasteiger partial charge is 0.138 e. The van der Waals surface area contributed by atoms with Gasteiger partial charge in [-0.15, -0.1) is 0 Å². The number of aromatic nitrogens is 1. The Morgan fingerprint density at radius 2 is 1.88 bits per heavy atom. The van der Waals surface area contributed by atoms with Gasteiger partial charge in [0.15, 0.2) is 0 Å². The second-order valence-corrected chi connectivity index (χ2v) is 5.58. The minimum absolute atomic E-state index is 0.347. The minimum Gasteiger partial charge on any atom is -0.361 e. The summed E-state index contributed by atoms with van der Waals surface area (Å²) in [6.45, 7) is 8.59. The van der Waals surface area contributed by atoms with Gasteiger partial charge < -0.3 is 9.84 Å². The van der Waals surface area contributed by atoms with E-state index in [9.17, 15) is 0 Å². The van der Waals surface area contributed by atoms with Crippen LogP contribution in [-0.4, -0.2) is 11.2 Å². The maximum Gasteiger partial charge on any atom is 0.138 e. The third-order valence-electron chi connectivity index (χ3n) is 4.02. The molecule has 1 fully saturated rings. The van der Waals surface area contributed by atoms with Gasteiger partial charge in [-0.1, -0.05) is 12.1 Å². The van der Waals surface area contributed by atoms with Crippen molar-refractivity contribution in [1.82, 2.24) is 10.5 Å². The van der Waals surface area contributed by atoms with Crippen LogP contribution in [0.4, 0.5) is 0 Å². The zero-order valence-electron chi connectivity index (χ0n) is 11.4. The summed E-state index contributed by atoms with van der Waals surface area (Å²) in [5.74, 6) is 1.86. The molecule has 1 aliphatic rings. The number of nitrogens with zero attached hydrogens (tertiary/aromatic N) is 1. The van der Waals surface area contributed by atoms with Crippen LogP contribution in [0.15, 0.2) is 4.52 Å². The van der Waals surface area contributed by atoms with Gasteiger partial charge in [-0.25, -0.2) is 0 Å². The lowest BCUT2D eigenvalue weighted by molar-refractivity contribution is 0.290. The molecule has 0 saturated heterocycles. The fourth-order valence-electron chi connectivity index (χ4n) is 2.97. The van der Waals surface area contributed by atoms with Crippen molar-refractivity contribution in [2.24, 2.45) is 5.92 Å². The van der Waals surface area contributed by atoms with E-state index in [2.05, 4.69) is 24.3 Å². The molecule has 0 amide bonds. The predicted octanol–water partition coefficient (Wildman–Crippen LogP) is 3.52. The molecule has 1 heterocycles. The summed E-state index contributed by atoms with van der Waals surface area (Å²) in [5.41, 5.74) is 2.26. The fraction of sp³-hybridized carbons (Fsp3) is 0.786. The van der Waals surface area contributed by atoms with Crippen LogP contribution in [0.2, 0.25) is 0 Å². The molecule has 1 atom stereocenters. The van der Waals surface area contributed by atoms with Crippen molar-refractivity contribution >= 4 is 0 Å². The Hall–Kier alpha value is -0.830. The van der Waals surface area contributed by atoms with Crippen LogP contribution in [-0.2, 0) is 0 Å². The van der Waals surface area contributed by atoms with Gasteiger partial charge in [-0.2, -0.15) is 0 Å². The van der Waals surface area contributed by atoms with Gasteiger partial charge in [-0.05, 0) is 52.4 Å². The largest absolute Gasteiger partial charge is 0.361 e. The summed E-state index contributed by atoms with van der Waals surface area (Å²) in [5, 5.41) is 7.75. The number of hydrogen-bond acceptors (Lipinski definition) is 3. The number of hydrogen-bond donors (Lipinski definition) is 1. The zero-order valence-corrected chi connectivity index (χ0v) is 11.4. The SMILES string of the molecule is Cc1noc(C)c1C(C)NC1CCC(C)CC1. The van der Waals surface area contributed by atoms with Crippen LogP contribution in [0.1, 0.15) is 62.6 Å². The van der Waals surface area contributed by atoms with E-state index in [-0.39, 0.29) is 0 Å². The molecule has 1 aromatic rings. The summed E-state index contributed by atoms with van der Waals surface area (Å²) >= 11 is 0. The molecular weight excluding hydrogens is 212 g/mol. The highest BCUT2D eigenvalue weighted by Gasteiger charge is 2.22. The van der Waals surface area contributed by atoms with Gasteiger partial charge >= 0.3 is 0 Å². The molecule has 3 nitrogen and oxygen atoms in total. The van der Waals surface area contributed by atoms with Crippen LogP contribution in [0.3, 0.4) is 0 Å². The Kier molecular flexibility index (Phi) is 3.87. The first kappa shape index (κ1) is 12.6. The highest BCUT2D eigenvalue weighted by molar-refractivity contribution is 5.24.